The Hall–Kier alpha value is -2.61. The number of hydrogen-bond donors (Lipinski definition) is 2. The summed E-state index contributed by atoms with van der Waals surface area (Å²) in [6.07, 6.45) is 5.05. The van der Waals surface area contributed by atoms with Crippen molar-refractivity contribution in [3.63, 3.8) is 0 Å². The highest BCUT2D eigenvalue weighted by molar-refractivity contribution is 6.23. The fourth-order valence-electron chi connectivity index (χ4n) is 3.21. The number of benzene rings is 1. The molecule has 138 valence electrons. The second-order valence-electron chi connectivity index (χ2n) is 6.64. The van der Waals surface area contributed by atoms with Crippen LogP contribution in [0.3, 0.4) is 0 Å². The number of barbiturate groups is 1. The number of halogens is 1. The minimum Gasteiger partial charge on any atom is -0.326 e. The van der Waals surface area contributed by atoms with Gasteiger partial charge in [0.15, 0.2) is 5.92 Å². The van der Waals surface area contributed by atoms with Gasteiger partial charge in [-0.25, -0.2) is 9.18 Å². The van der Waals surface area contributed by atoms with E-state index in [-0.39, 0.29) is 18.6 Å². The van der Waals surface area contributed by atoms with E-state index in [0.717, 1.165) is 30.6 Å². The quantitative estimate of drug-likeness (QED) is 0.625. The van der Waals surface area contributed by atoms with Crippen LogP contribution in [0, 0.1) is 11.7 Å². The van der Waals surface area contributed by atoms with E-state index >= 15 is 0 Å². The molecule has 1 aliphatic carbocycles. The average molecular weight is 360 g/mol. The number of carbonyl (C=O) groups excluding carboxylic acids is 3. The zero-order valence-electron chi connectivity index (χ0n) is 14.2. The van der Waals surface area contributed by atoms with Gasteiger partial charge < -0.3 is 5.73 Å². The van der Waals surface area contributed by atoms with Crippen LogP contribution in [0.5, 0.6) is 0 Å². The third-order valence-corrected chi connectivity index (χ3v) is 4.75. The lowest BCUT2D eigenvalue weighted by Crippen LogP contribution is -2.58. The number of nitrogens with one attached hydrogen (secondary N) is 1. The molecule has 1 saturated carbocycles. The highest BCUT2D eigenvalue weighted by atomic mass is 19.1. The molecule has 4 amide bonds. The first-order valence-corrected chi connectivity index (χ1v) is 8.65. The normalized spacial score (nSPS) is 27.1. The van der Waals surface area contributed by atoms with E-state index in [4.69, 9.17) is 5.73 Å². The summed E-state index contributed by atoms with van der Waals surface area (Å²) in [5, 5.41) is 2.17. The number of rotatable bonds is 4. The van der Waals surface area contributed by atoms with Crippen molar-refractivity contribution in [2.75, 3.05) is 0 Å². The number of hydrogen-bond acceptors (Lipinski definition) is 5. The van der Waals surface area contributed by atoms with Crippen LogP contribution in [0.15, 0.2) is 29.3 Å². The van der Waals surface area contributed by atoms with E-state index in [1.807, 2.05) is 0 Å². The molecule has 2 aliphatic rings. The molecule has 2 fully saturated rings. The minimum absolute atomic E-state index is 0.0501. The Morgan fingerprint density at radius 1 is 1.19 bits per heavy atom. The third kappa shape index (κ3) is 3.96. The van der Waals surface area contributed by atoms with Gasteiger partial charge in [0.1, 0.15) is 5.82 Å². The monoisotopic (exact) mass is 360 g/mol. The van der Waals surface area contributed by atoms with E-state index in [1.54, 1.807) is 0 Å². The number of nitrogens with two attached hydrogens (primary N) is 1. The Balaban J connectivity index is 1.73. The van der Waals surface area contributed by atoms with Crippen molar-refractivity contribution in [1.82, 2.24) is 10.2 Å². The van der Waals surface area contributed by atoms with Crippen molar-refractivity contribution in [2.24, 2.45) is 16.6 Å². The number of nitrogens with zero attached hydrogens (tertiary/aromatic N) is 2. The average Bonchev–Trinajstić information content (AvgIpc) is 2.61. The topological polar surface area (TPSA) is 105 Å². The maximum atomic E-state index is 13.0. The molecule has 26 heavy (non-hydrogen) atoms. The lowest BCUT2D eigenvalue weighted by Gasteiger charge is -2.29. The van der Waals surface area contributed by atoms with Gasteiger partial charge in [-0.05, 0) is 30.5 Å². The highest BCUT2D eigenvalue weighted by Crippen LogP contribution is 2.20. The molecule has 1 saturated heterocycles. The Kier molecular flexibility index (Phi) is 5.41. The fraction of sp³-hybridized carbons (Fsp3) is 0.444. The van der Waals surface area contributed by atoms with Crippen LogP contribution in [-0.4, -0.2) is 41.0 Å². The number of carbonyl (C=O) groups is 3. The minimum atomic E-state index is -1.16. The van der Waals surface area contributed by atoms with E-state index in [2.05, 4.69) is 10.3 Å². The standard InChI is InChI=1S/C18H21FN4O3/c19-12-7-5-11(6-8-12)10-23-17(25)13(16(24)22-18(23)26)9-21-15-4-2-1-3-14(15)20/h5-9,13-15H,1-4,10,20H2,(H,22,24,26)/t13-,14+,15+/m0/s1. The van der Waals surface area contributed by atoms with Crippen molar-refractivity contribution < 1.29 is 18.8 Å². The Morgan fingerprint density at radius 2 is 1.88 bits per heavy atom. The van der Waals surface area contributed by atoms with E-state index in [9.17, 15) is 18.8 Å². The molecule has 3 atom stereocenters. The van der Waals surface area contributed by atoms with Crippen molar-refractivity contribution >= 4 is 24.1 Å². The van der Waals surface area contributed by atoms with Crippen molar-refractivity contribution in [2.45, 2.75) is 44.3 Å². The predicted octanol–water partition coefficient (Wildman–Crippen LogP) is 1.36. The molecule has 7 nitrogen and oxygen atoms in total. The third-order valence-electron chi connectivity index (χ3n) is 4.75. The summed E-state index contributed by atoms with van der Waals surface area (Å²) in [4.78, 5) is 42.0. The van der Waals surface area contributed by atoms with Crippen LogP contribution >= 0.6 is 0 Å². The molecule has 1 aromatic carbocycles. The zero-order valence-corrected chi connectivity index (χ0v) is 14.2. The number of urea groups is 1. The predicted molar refractivity (Wildman–Crippen MR) is 92.7 cm³/mol. The van der Waals surface area contributed by atoms with Crippen molar-refractivity contribution in [3.05, 3.63) is 35.6 Å². The lowest BCUT2D eigenvalue weighted by molar-refractivity contribution is -0.139. The Bertz CT molecular complexity index is 734. The molecule has 8 heteroatoms. The van der Waals surface area contributed by atoms with Crippen LogP contribution in [0.25, 0.3) is 0 Å². The molecule has 0 radical (unpaired) electrons. The number of amides is 4. The van der Waals surface area contributed by atoms with Crippen LogP contribution < -0.4 is 11.1 Å². The molecule has 1 heterocycles. The summed E-state index contributed by atoms with van der Waals surface area (Å²) < 4.78 is 13.0. The summed E-state index contributed by atoms with van der Waals surface area (Å²) in [6.45, 7) is -0.0501. The van der Waals surface area contributed by atoms with Gasteiger partial charge in [-0.3, -0.25) is 24.8 Å². The fourth-order valence-corrected chi connectivity index (χ4v) is 3.21. The van der Waals surface area contributed by atoms with E-state index in [0.29, 0.717) is 5.56 Å². The SMILES string of the molecule is N[C@@H]1CCCC[C@H]1N=C[C@H]1C(=O)NC(=O)N(Cc2ccc(F)cc2)C1=O. The largest absolute Gasteiger partial charge is 0.331 e. The van der Waals surface area contributed by atoms with Gasteiger partial charge in [-0.15, -0.1) is 0 Å². The van der Waals surface area contributed by atoms with Crippen LogP contribution in [-0.2, 0) is 16.1 Å². The van der Waals surface area contributed by atoms with Gasteiger partial charge in [0.2, 0.25) is 11.8 Å². The van der Waals surface area contributed by atoms with Gasteiger partial charge in [-0.1, -0.05) is 25.0 Å². The van der Waals surface area contributed by atoms with Gasteiger partial charge in [0.25, 0.3) is 0 Å². The maximum Gasteiger partial charge on any atom is 0.331 e. The van der Waals surface area contributed by atoms with Gasteiger partial charge in [-0.2, -0.15) is 0 Å². The molecule has 3 rings (SSSR count). The van der Waals surface area contributed by atoms with Crippen LogP contribution in [0.4, 0.5) is 9.18 Å². The van der Waals surface area contributed by atoms with E-state index in [1.165, 1.54) is 30.5 Å². The molecule has 3 N–H and O–H groups in total. The van der Waals surface area contributed by atoms with Gasteiger partial charge >= 0.3 is 6.03 Å². The maximum absolute atomic E-state index is 13.0. The lowest BCUT2D eigenvalue weighted by atomic mass is 9.91. The zero-order chi connectivity index (χ0) is 18.7. The molecule has 0 aromatic heterocycles. The number of imide groups is 2. The van der Waals surface area contributed by atoms with Crippen LogP contribution in [0.2, 0.25) is 0 Å². The van der Waals surface area contributed by atoms with Gasteiger partial charge in [0.05, 0.1) is 12.6 Å². The molecule has 1 aromatic rings. The first-order chi connectivity index (χ1) is 12.5. The first-order valence-electron chi connectivity index (χ1n) is 8.65. The second-order valence-corrected chi connectivity index (χ2v) is 6.64. The molecule has 0 bridgehead atoms. The van der Waals surface area contributed by atoms with Gasteiger partial charge in [0, 0.05) is 12.3 Å². The molecular formula is C18H21FN4O3. The molecule has 1 aliphatic heterocycles. The van der Waals surface area contributed by atoms with Crippen molar-refractivity contribution in [3.8, 4) is 0 Å². The second kappa shape index (κ2) is 7.74. The van der Waals surface area contributed by atoms with Crippen LogP contribution in [0.1, 0.15) is 31.2 Å². The molecule has 0 spiro atoms. The first kappa shape index (κ1) is 18.2. The Labute approximate surface area is 150 Å². The number of aliphatic imine (C=N–C) groups is 1. The summed E-state index contributed by atoms with van der Waals surface area (Å²) in [7, 11) is 0. The Morgan fingerprint density at radius 3 is 2.58 bits per heavy atom. The summed E-state index contributed by atoms with van der Waals surface area (Å²) in [5.74, 6) is -2.91. The van der Waals surface area contributed by atoms with Crippen molar-refractivity contribution in [1.29, 1.82) is 0 Å². The van der Waals surface area contributed by atoms with E-state index < -0.39 is 29.6 Å². The molecular weight excluding hydrogens is 339 g/mol. The summed E-state index contributed by atoms with van der Waals surface area (Å²) >= 11 is 0. The highest BCUT2D eigenvalue weighted by Gasteiger charge is 2.39. The summed E-state index contributed by atoms with van der Waals surface area (Å²) in [5.41, 5.74) is 6.61. The molecule has 0 unspecified atom stereocenters. The smallest absolute Gasteiger partial charge is 0.326 e. The summed E-state index contributed by atoms with van der Waals surface area (Å²) in [6, 6.07) is 4.47.